The molecule has 0 bridgehead atoms. The smallest absolute Gasteiger partial charge is 0.321 e. The van der Waals surface area contributed by atoms with Gasteiger partial charge in [0, 0.05) is 24.4 Å². The molecule has 0 aliphatic carbocycles. The van der Waals surface area contributed by atoms with Crippen LogP contribution in [0, 0.1) is 17.0 Å². The molecule has 0 radical (unpaired) electrons. The molecule has 2 amide bonds. The first-order chi connectivity index (χ1) is 10.4. The number of urea groups is 1. The molecule has 0 aliphatic rings. The van der Waals surface area contributed by atoms with Crippen molar-refractivity contribution in [3.8, 4) is 0 Å². The number of nitro benzene ring substituents is 1. The van der Waals surface area contributed by atoms with E-state index in [9.17, 15) is 14.9 Å². The van der Waals surface area contributed by atoms with E-state index >= 15 is 0 Å². The van der Waals surface area contributed by atoms with Gasteiger partial charge in [0.25, 0.3) is 5.69 Å². The van der Waals surface area contributed by atoms with E-state index in [1.54, 1.807) is 38.2 Å². The number of carbonyl (C=O) groups is 1. The molecule has 1 N–H and O–H groups in total. The Labute approximate surface area is 135 Å². The van der Waals surface area contributed by atoms with Gasteiger partial charge >= 0.3 is 6.03 Å². The Hall–Kier alpha value is -2.35. The molecule has 116 valence electrons. The Balaban J connectivity index is 2.05. The number of nitro groups is 1. The van der Waals surface area contributed by atoms with Crippen LogP contribution in [-0.4, -0.2) is 22.9 Å². The Bertz CT molecular complexity index is 714. The number of rotatable bonds is 4. The Morgan fingerprint density at radius 1 is 1.41 bits per heavy atom. The Morgan fingerprint density at radius 3 is 2.73 bits per heavy atom. The minimum absolute atomic E-state index is 0.0320. The zero-order valence-electron chi connectivity index (χ0n) is 12.0. The van der Waals surface area contributed by atoms with Gasteiger partial charge in [-0.2, -0.15) is 0 Å². The topological polar surface area (TPSA) is 88.6 Å². The van der Waals surface area contributed by atoms with E-state index in [2.05, 4.69) is 21.2 Å². The molecule has 2 rings (SSSR count). The number of benzene rings is 1. The lowest BCUT2D eigenvalue weighted by Crippen LogP contribution is -2.30. The average Bonchev–Trinajstić information content (AvgIpc) is 2.85. The van der Waals surface area contributed by atoms with Gasteiger partial charge in [-0.15, -0.1) is 0 Å². The molecule has 0 unspecified atom stereocenters. The number of anilines is 1. The van der Waals surface area contributed by atoms with Gasteiger partial charge in [-0.25, -0.2) is 4.79 Å². The molecule has 0 saturated carbocycles. The summed E-state index contributed by atoms with van der Waals surface area (Å²) in [6.07, 6.45) is 0. The molecule has 22 heavy (non-hydrogen) atoms. The van der Waals surface area contributed by atoms with Gasteiger partial charge in [0.2, 0.25) is 0 Å². The number of furan rings is 1. The molecule has 0 atom stereocenters. The summed E-state index contributed by atoms with van der Waals surface area (Å²) in [5.41, 5.74) is 0.877. The highest BCUT2D eigenvalue weighted by Gasteiger charge is 2.15. The van der Waals surface area contributed by atoms with Gasteiger partial charge < -0.3 is 14.6 Å². The van der Waals surface area contributed by atoms with Crippen molar-refractivity contribution in [2.45, 2.75) is 13.5 Å². The third kappa shape index (κ3) is 3.85. The Morgan fingerprint density at radius 2 is 2.14 bits per heavy atom. The predicted molar refractivity (Wildman–Crippen MR) is 84.7 cm³/mol. The van der Waals surface area contributed by atoms with Crippen LogP contribution in [-0.2, 0) is 6.54 Å². The van der Waals surface area contributed by atoms with Gasteiger partial charge in [-0.3, -0.25) is 10.1 Å². The van der Waals surface area contributed by atoms with Crippen LogP contribution in [0.2, 0.25) is 0 Å². The highest BCUT2D eigenvalue weighted by atomic mass is 79.9. The van der Waals surface area contributed by atoms with Crippen molar-refractivity contribution in [3.05, 3.63) is 56.4 Å². The minimum Gasteiger partial charge on any atom is -0.452 e. The summed E-state index contributed by atoms with van der Waals surface area (Å²) in [4.78, 5) is 23.9. The number of nitrogens with one attached hydrogen (secondary N) is 1. The third-order valence-electron chi connectivity index (χ3n) is 3.03. The predicted octanol–water partition coefficient (Wildman–Crippen LogP) is 3.92. The number of hydrogen-bond donors (Lipinski definition) is 1. The van der Waals surface area contributed by atoms with E-state index in [1.165, 1.54) is 11.0 Å². The van der Waals surface area contributed by atoms with Crippen LogP contribution in [0.15, 0.2) is 39.4 Å². The zero-order valence-corrected chi connectivity index (χ0v) is 13.6. The maximum absolute atomic E-state index is 12.1. The summed E-state index contributed by atoms with van der Waals surface area (Å²) in [7, 11) is 1.61. The van der Waals surface area contributed by atoms with Crippen molar-refractivity contribution in [1.29, 1.82) is 0 Å². The molecule has 7 nitrogen and oxygen atoms in total. The first-order valence-electron chi connectivity index (χ1n) is 6.38. The standard InChI is InChI=1S/C14H14BrN3O4/c1-9-3-4-10(7-12(9)18(20)21)16-14(19)17(2)8-11-5-6-13(15)22-11/h3-7H,8H2,1-2H3,(H,16,19). The molecular formula is C14H14BrN3O4. The number of hydrogen-bond acceptors (Lipinski definition) is 4. The van der Waals surface area contributed by atoms with Crippen LogP contribution in [0.5, 0.6) is 0 Å². The van der Waals surface area contributed by atoms with Crippen LogP contribution < -0.4 is 5.32 Å². The van der Waals surface area contributed by atoms with Crippen LogP contribution in [0.25, 0.3) is 0 Å². The largest absolute Gasteiger partial charge is 0.452 e. The second-order valence-corrected chi connectivity index (χ2v) is 5.53. The normalized spacial score (nSPS) is 10.3. The fraction of sp³-hybridized carbons (Fsp3) is 0.214. The molecular weight excluding hydrogens is 354 g/mol. The quantitative estimate of drug-likeness (QED) is 0.654. The fourth-order valence-electron chi connectivity index (χ4n) is 1.85. The average molecular weight is 368 g/mol. The van der Waals surface area contributed by atoms with E-state index in [0.29, 0.717) is 21.7 Å². The van der Waals surface area contributed by atoms with Crippen molar-refractivity contribution in [1.82, 2.24) is 4.90 Å². The molecule has 1 heterocycles. The summed E-state index contributed by atoms with van der Waals surface area (Å²) >= 11 is 3.19. The summed E-state index contributed by atoms with van der Waals surface area (Å²) < 4.78 is 5.91. The fourth-order valence-corrected chi connectivity index (χ4v) is 2.19. The molecule has 1 aromatic carbocycles. The lowest BCUT2D eigenvalue weighted by molar-refractivity contribution is -0.385. The monoisotopic (exact) mass is 367 g/mol. The second kappa shape index (κ2) is 6.61. The van der Waals surface area contributed by atoms with Gasteiger partial charge in [-0.1, -0.05) is 6.07 Å². The first kappa shape index (κ1) is 16.0. The molecule has 0 fully saturated rings. The Kier molecular flexibility index (Phi) is 4.81. The maximum Gasteiger partial charge on any atom is 0.321 e. The van der Waals surface area contributed by atoms with Gasteiger partial charge in [-0.05, 0) is 41.1 Å². The van der Waals surface area contributed by atoms with Crippen LogP contribution in [0.1, 0.15) is 11.3 Å². The number of nitrogens with zero attached hydrogens (tertiary/aromatic N) is 2. The molecule has 0 saturated heterocycles. The number of aryl methyl sites for hydroxylation is 1. The number of halogens is 1. The molecule has 0 spiro atoms. The summed E-state index contributed by atoms with van der Waals surface area (Å²) in [6.45, 7) is 1.93. The molecule has 1 aromatic heterocycles. The molecule has 2 aromatic rings. The number of amides is 2. The molecule has 8 heteroatoms. The highest BCUT2D eigenvalue weighted by molar-refractivity contribution is 9.10. The third-order valence-corrected chi connectivity index (χ3v) is 3.45. The van der Waals surface area contributed by atoms with Crippen molar-refractivity contribution >= 4 is 33.3 Å². The van der Waals surface area contributed by atoms with Crippen LogP contribution in [0.4, 0.5) is 16.2 Å². The maximum atomic E-state index is 12.1. The van der Waals surface area contributed by atoms with Crippen LogP contribution >= 0.6 is 15.9 Å². The summed E-state index contributed by atoms with van der Waals surface area (Å²) in [6, 6.07) is 7.67. The lowest BCUT2D eigenvalue weighted by Gasteiger charge is -2.16. The molecule has 0 aliphatic heterocycles. The van der Waals surface area contributed by atoms with Gasteiger partial charge in [0.15, 0.2) is 4.67 Å². The van der Waals surface area contributed by atoms with Crippen molar-refractivity contribution < 1.29 is 14.1 Å². The van der Waals surface area contributed by atoms with E-state index in [0.717, 1.165) is 0 Å². The van der Waals surface area contributed by atoms with E-state index in [4.69, 9.17) is 4.42 Å². The SMILES string of the molecule is Cc1ccc(NC(=O)N(C)Cc2ccc(Br)o2)cc1[N+](=O)[O-]. The zero-order chi connectivity index (χ0) is 16.3. The summed E-state index contributed by atoms with van der Waals surface area (Å²) in [5, 5.41) is 13.5. The summed E-state index contributed by atoms with van der Waals surface area (Å²) in [5.74, 6) is 0.624. The van der Waals surface area contributed by atoms with Crippen LogP contribution in [0.3, 0.4) is 0 Å². The second-order valence-electron chi connectivity index (χ2n) is 4.75. The van der Waals surface area contributed by atoms with Crippen molar-refractivity contribution in [2.75, 3.05) is 12.4 Å². The highest BCUT2D eigenvalue weighted by Crippen LogP contribution is 2.22. The van der Waals surface area contributed by atoms with E-state index < -0.39 is 4.92 Å². The van der Waals surface area contributed by atoms with E-state index in [-0.39, 0.29) is 18.3 Å². The minimum atomic E-state index is -0.477. The van der Waals surface area contributed by atoms with Crippen molar-refractivity contribution in [3.63, 3.8) is 0 Å². The van der Waals surface area contributed by atoms with Crippen molar-refractivity contribution in [2.24, 2.45) is 0 Å². The van der Waals surface area contributed by atoms with Gasteiger partial charge in [0.1, 0.15) is 5.76 Å². The lowest BCUT2D eigenvalue weighted by atomic mass is 10.2. The number of carbonyl (C=O) groups excluding carboxylic acids is 1. The van der Waals surface area contributed by atoms with Gasteiger partial charge in [0.05, 0.1) is 11.5 Å². The van der Waals surface area contributed by atoms with E-state index in [1.807, 2.05) is 0 Å². The first-order valence-corrected chi connectivity index (χ1v) is 7.17.